The van der Waals surface area contributed by atoms with Gasteiger partial charge in [0, 0.05) is 41.0 Å². The van der Waals surface area contributed by atoms with Crippen LogP contribution >= 0.6 is 22.9 Å². The van der Waals surface area contributed by atoms with Gasteiger partial charge in [-0.05, 0) is 42.2 Å². The first-order valence-electron chi connectivity index (χ1n) is 13.6. The third-order valence-electron chi connectivity index (χ3n) is 7.73. The molecule has 13 heteroatoms. The number of carbonyl (C=O) groups excluding carboxylic acids is 2. The van der Waals surface area contributed by atoms with E-state index in [1.54, 1.807) is 53.4 Å². The van der Waals surface area contributed by atoms with Crippen molar-refractivity contribution in [3.8, 4) is 0 Å². The van der Waals surface area contributed by atoms with Crippen molar-refractivity contribution in [3.05, 3.63) is 86.3 Å². The van der Waals surface area contributed by atoms with Crippen LogP contribution in [0, 0.1) is 0 Å². The number of carboxylic acid groups (broad SMARTS) is 1. The zero-order chi connectivity index (χ0) is 30.0. The van der Waals surface area contributed by atoms with Gasteiger partial charge in [0.2, 0.25) is 15.9 Å². The summed E-state index contributed by atoms with van der Waals surface area (Å²) in [5, 5.41) is 14.7. The Labute approximate surface area is 253 Å². The smallest absolute Gasteiger partial charge is 0.355 e. The second-order valence-corrected chi connectivity index (χ2v) is 13.8. The summed E-state index contributed by atoms with van der Waals surface area (Å²) in [6, 6.07) is 12.3. The first-order valence-corrected chi connectivity index (χ1v) is 16.8. The lowest BCUT2D eigenvalue weighted by molar-refractivity contribution is -0.124. The standard InChI is InChI=1S/C29H31ClN4O6S2/c1-42(39,40)33-21-8-4-5-9-23(21)34-26(17-10-12-18(30)13-11-17)25(19-6-2-3-7-20(19)28(34)36)27(35)31-15-14-24-32-22(16-41-24)29(37)38/h2-3,6-7,10-13,16,21,23,25-26,33H,4-5,8-9,14-15H2,1H3,(H,31,35)(H,37,38)/t21-,23-,25+,26-/m0/s1. The summed E-state index contributed by atoms with van der Waals surface area (Å²) in [7, 11) is -3.56. The average molecular weight is 631 g/mol. The predicted octanol–water partition coefficient (Wildman–Crippen LogP) is 3.99. The molecule has 42 heavy (non-hydrogen) atoms. The van der Waals surface area contributed by atoms with Crippen molar-refractivity contribution >= 4 is 50.7 Å². The number of thiazole rings is 1. The van der Waals surface area contributed by atoms with Crippen LogP contribution < -0.4 is 10.0 Å². The molecule has 222 valence electrons. The minimum Gasteiger partial charge on any atom is -0.476 e. The van der Waals surface area contributed by atoms with E-state index in [1.807, 2.05) is 0 Å². The summed E-state index contributed by atoms with van der Waals surface area (Å²) >= 11 is 7.42. The Kier molecular flexibility index (Phi) is 8.97. The van der Waals surface area contributed by atoms with Gasteiger partial charge in [-0.3, -0.25) is 9.59 Å². The highest BCUT2D eigenvalue weighted by Crippen LogP contribution is 2.46. The van der Waals surface area contributed by atoms with Crippen molar-refractivity contribution in [2.75, 3.05) is 12.8 Å². The fourth-order valence-electron chi connectivity index (χ4n) is 6.00. The molecule has 3 N–H and O–H groups in total. The molecule has 0 bridgehead atoms. The molecule has 0 radical (unpaired) electrons. The summed E-state index contributed by atoms with van der Waals surface area (Å²) in [4.78, 5) is 45.3. The number of amides is 2. The van der Waals surface area contributed by atoms with E-state index in [0.29, 0.717) is 46.0 Å². The number of benzene rings is 2. The molecule has 1 aliphatic heterocycles. The van der Waals surface area contributed by atoms with Crippen LogP contribution in [-0.2, 0) is 21.2 Å². The van der Waals surface area contributed by atoms with E-state index in [0.717, 1.165) is 19.1 Å². The number of fused-ring (bicyclic) bond motifs is 1. The van der Waals surface area contributed by atoms with Crippen LogP contribution in [0.5, 0.6) is 0 Å². The number of sulfonamides is 1. The van der Waals surface area contributed by atoms with Crippen LogP contribution in [0.1, 0.15) is 74.6 Å². The monoisotopic (exact) mass is 630 g/mol. The fraction of sp³-hybridized carbons (Fsp3) is 0.379. The van der Waals surface area contributed by atoms with Gasteiger partial charge < -0.3 is 15.3 Å². The van der Waals surface area contributed by atoms with Crippen LogP contribution in [0.25, 0.3) is 0 Å². The van der Waals surface area contributed by atoms with E-state index in [9.17, 15) is 22.8 Å². The Balaban J connectivity index is 1.54. The Bertz CT molecular complexity index is 1590. The maximum Gasteiger partial charge on any atom is 0.355 e. The van der Waals surface area contributed by atoms with Crippen LogP contribution in [0.15, 0.2) is 53.9 Å². The highest BCUT2D eigenvalue weighted by molar-refractivity contribution is 7.88. The zero-order valence-electron chi connectivity index (χ0n) is 22.8. The third-order valence-corrected chi connectivity index (χ3v) is 9.62. The first kappa shape index (κ1) is 30.1. The lowest BCUT2D eigenvalue weighted by Crippen LogP contribution is -2.59. The maximum atomic E-state index is 14.2. The molecule has 1 aliphatic carbocycles. The highest BCUT2D eigenvalue weighted by atomic mass is 35.5. The molecule has 0 saturated heterocycles. The van der Waals surface area contributed by atoms with Gasteiger partial charge in [-0.2, -0.15) is 0 Å². The fourth-order valence-corrected chi connectivity index (χ4v) is 7.72. The third kappa shape index (κ3) is 6.51. The number of hydrogen-bond acceptors (Lipinski definition) is 7. The van der Waals surface area contributed by atoms with Crippen LogP contribution in [0.4, 0.5) is 0 Å². The Morgan fingerprint density at radius 2 is 1.83 bits per heavy atom. The largest absolute Gasteiger partial charge is 0.476 e. The SMILES string of the molecule is CS(=O)(=O)N[C@H]1CCCC[C@@H]1N1C(=O)c2ccccc2[C@@H](C(=O)NCCc2nc(C(=O)O)cs2)[C@@H]1c1ccc(Cl)cc1. The van der Waals surface area contributed by atoms with Crippen LogP contribution in [0.3, 0.4) is 0 Å². The molecule has 0 spiro atoms. The van der Waals surface area contributed by atoms with Gasteiger partial charge in [0.05, 0.1) is 23.2 Å². The number of rotatable bonds is 9. The molecule has 10 nitrogen and oxygen atoms in total. The first-order chi connectivity index (χ1) is 20.0. The number of aromatic carboxylic acids is 1. The lowest BCUT2D eigenvalue weighted by atomic mass is 9.76. The molecule has 1 aromatic heterocycles. The molecule has 1 saturated carbocycles. The normalized spacial score (nSPS) is 22.4. The zero-order valence-corrected chi connectivity index (χ0v) is 25.2. The molecule has 2 heterocycles. The molecule has 2 aliphatic rings. The molecule has 0 unspecified atom stereocenters. The Hall–Kier alpha value is -3.32. The minimum atomic E-state index is -3.56. The minimum absolute atomic E-state index is 0.0377. The molecule has 3 aromatic rings. The van der Waals surface area contributed by atoms with Crippen LogP contribution in [0.2, 0.25) is 5.02 Å². The van der Waals surface area contributed by atoms with Crippen LogP contribution in [-0.4, -0.2) is 66.1 Å². The second-order valence-electron chi connectivity index (χ2n) is 10.6. The van der Waals surface area contributed by atoms with Gasteiger partial charge in [-0.15, -0.1) is 11.3 Å². The quantitative estimate of drug-likeness (QED) is 0.324. The number of hydrogen-bond donors (Lipinski definition) is 3. The van der Waals surface area contributed by atoms with Gasteiger partial charge in [-0.1, -0.05) is 54.8 Å². The molecular weight excluding hydrogens is 600 g/mol. The van der Waals surface area contributed by atoms with E-state index < -0.39 is 40.0 Å². The number of halogens is 1. The number of nitrogens with zero attached hydrogens (tertiary/aromatic N) is 2. The van der Waals surface area contributed by atoms with Crippen molar-refractivity contribution in [2.24, 2.45) is 0 Å². The molecular formula is C29H31ClN4O6S2. The summed E-state index contributed by atoms with van der Waals surface area (Å²) < 4.78 is 27.4. The number of carbonyl (C=O) groups is 3. The Morgan fingerprint density at radius 1 is 1.12 bits per heavy atom. The summed E-state index contributed by atoms with van der Waals surface area (Å²) in [5.74, 6) is -2.47. The molecule has 5 rings (SSSR count). The Morgan fingerprint density at radius 3 is 2.52 bits per heavy atom. The topological polar surface area (TPSA) is 146 Å². The van der Waals surface area contributed by atoms with E-state index in [2.05, 4.69) is 15.0 Å². The van der Waals surface area contributed by atoms with Crippen molar-refractivity contribution in [2.45, 2.75) is 56.1 Å². The predicted molar refractivity (Wildman–Crippen MR) is 159 cm³/mol. The van der Waals surface area contributed by atoms with Gasteiger partial charge >= 0.3 is 5.97 Å². The highest BCUT2D eigenvalue weighted by Gasteiger charge is 2.48. The van der Waals surface area contributed by atoms with Gasteiger partial charge in [0.25, 0.3) is 5.91 Å². The average Bonchev–Trinajstić information content (AvgIpc) is 3.43. The molecule has 2 aromatic carbocycles. The van der Waals surface area contributed by atoms with E-state index in [4.69, 9.17) is 16.7 Å². The number of carboxylic acids is 1. The summed E-state index contributed by atoms with van der Waals surface area (Å²) in [6.07, 6.45) is 4.23. The maximum absolute atomic E-state index is 14.2. The van der Waals surface area contributed by atoms with Gasteiger partial charge in [0.15, 0.2) is 5.69 Å². The van der Waals surface area contributed by atoms with Crippen molar-refractivity contribution < 1.29 is 27.9 Å². The molecule has 2 amide bonds. The van der Waals surface area contributed by atoms with Crippen molar-refractivity contribution in [3.63, 3.8) is 0 Å². The lowest BCUT2D eigenvalue weighted by Gasteiger charge is -2.49. The summed E-state index contributed by atoms with van der Waals surface area (Å²) in [6.45, 7) is 0.215. The van der Waals surface area contributed by atoms with Crippen molar-refractivity contribution in [1.82, 2.24) is 19.9 Å². The van der Waals surface area contributed by atoms with Gasteiger partial charge in [-0.25, -0.2) is 22.9 Å². The van der Waals surface area contributed by atoms with E-state index in [1.165, 1.54) is 16.7 Å². The summed E-state index contributed by atoms with van der Waals surface area (Å²) in [5.41, 5.74) is 1.65. The molecule has 4 atom stereocenters. The second kappa shape index (κ2) is 12.5. The van der Waals surface area contributed by atoms with Gasteiger partial charge in [0.1, 0.15) is 0 Å². The van der Waals surface area contributed by atoms with E-state index in [-0.39, 0.29) is 24.1 Å². The molecule has 1 fully saturated rings. The number of aromatic nitrogens is 1. The van der Waals surface area contributed by atoms with Crippen molar-refractivity contribution in [1.29, 1.82) is 0 Å². The van der Waals surface area contributed by atoms with E-state index >= 15 is 0 Å². The number of nitrogens with one attached hydrogen (secondary N) is 2.